The normalized spacial score (nSPS) is 39.4. The first-order chi connectivity index (χ1) is 3.96. The quantitative estimate of drug-likeness (QED) is 0.376. The lowest BCUT2D eigenvalue weighted by molar-refractivity contribution is 0.567. The van der Waals surface area contributed by atoms with Crippen molar-refractivity contribution in [3.63, 3.8) is 0 Å². The Kier molecular flexibility index (Phi) is 1.36. The Bertz CT molecular complexity index is 191. The van der Waals surface area contributed by atoms with Gasteiger partial charge in [0.1, 0.15) is 0 Å². The molecule has 1 nitrogen and oxygen atoms in total. The highest BCUT2D eigenvalue weighted by atomic mass is 31.2. The summed E-state index contributed by atoms with van der Waals surface area (Å²) in [5.41, 5.74) is 0. The summed E-state index contributed by atoms with van der Waals surface area (Å²) in [6, 6.07) is 0. The van der Waals surface area contributed by atoms with Crippen LogP contribution in [0.3, 0.4) is 0 Å². The van der Waals surface area contributed by atoms with E-state index >= 15 is 0 Å². The second-order valence-electron chi connectivity index (χ2n) is 3.34. The molecule has 1 rings (SSSR count). The van der Waals surface area contributed by atoms with E-state index in [9.17, 15) is 4.57 Å². The van der Waals surface area contributed by atoms with Gasteiger partial charge in [-0.3, -0.25) is 0 Å². The molecule has 1 aliphatic heterocycles. The third-order valence-corrected chi connectivity index (χ3v) is 5.69. The standard InChI is InChI=1S/C7H13OP/c1-7(2)5-4-6-9(7,3)8/h4-5H,6H2,1-3H3. The van der Waals surface area contributed by atoms with Crippen LogP contribution in [0.15, 0.2) is 12.2 Å². The van der Waals surface area contributed by atoms with Gasteiger partial charge in [-0.05, 0) is 20.5 Å². The zero-order valence-corrected chi connectivity index (χ0v) is 7.11. The molecule has 1 aliphatic rings. The summed E-state index contributed by atoms with van der Waals surface area (Å²) in [7, 11) is -1.86. The van der Waals surface area contributed by atoms with Crippen molar-refractivity contribution in [3.05, 3.63) is 12.2 Å². The van der Waals surface area contributed by atoms with Crippen LogP contribution in [-0.2, 0) is 4.57 Å². The van der Waals surface area contributed by atoms with Crippen molar-refractivity contribution >= 4 is 7.14 Å². The minimum atomic E-state index is -1.86. The Hall–Kier alpha value is -0.0300. The predicted molar refractivity (Wildman–Crippen MR) is 41.6 cm³/mol. The Labute approximate surface area is 56.5 Å². The van der Waals surface area contributed by atoms with Gasteiger partial charge in [0, 0.05) is 11.3 Å². The fourth-order valence-electron chi connectivity index (χ4n) is 0.935. The number of rotatable bonds is 0. The van der Waals surface area contributed by atoms with Crippen LogP contribution in [0.2, 0.25) is 0 Å². The first-order valence-corrected chi connectivity index (χ1v) is 5.54. The summed E-state index contributed by atoms with van der Waals surface area (Å²) in [5, 5.41) is -0.0347. The lowest BCUT2D eigenvalue weighted by Gasteiger charge is -2.22. The highest BCUT2D eigenvalue weighted by Crippen LogP contribution is 2.58. The van der Waals surface area contributed by atoms with Crippen LogP contribution in [-0.4, -0.2) is 18.0 Å². The molecule has 2 heteroatoms. The van der Waals surface area contributed by atoms with Gasteiger partial charge in [0.15, 0.2) is 0 Å². The Morgan fingerprint density at radius 1 is 1.56 bits per heavy atom. The average molecular weight is 144 g/mol. The van der Waals surface area contributed by atoms with Gasteiger partial charge in [-0.1, -0.05) is 12.2 Å². The molecule has 0 N–H and O–H groups in total. The van der Waals surface area contributed by atoms with Crippen molar-refractivity contribution in [3.8, 4) is 0 Å². The lowest BCUT2D eigenvalue weighted by Crippen LogP contribution is -2.12. The van der Waals surface area contributed by atoms with E-state index in [1.54, 1.807) is 0 Å². The molecule has 1 heterocycles. The molecule has 0 saturated carbocycles. The van der Waals surface area contributed by atoms with Gasteiger partial charge in [0.05, 0.1) is 7.14 Å². The molecule has 0 saturated heterocycles. The molecule has 9 heavy (non-hydrogen) atoms. The maximum absolute atomic E-state index is 11.6. The SMILES string of the molecule is CC1(C)C=CCP1(C)=O. The maximum atomic E-state index is 11.6. The van der Waals surface area contributed by atoms with Crippen molar-refractivity contribution in [2.24, 2.45) is 0 Å². The van der Waals surface area contributed by atoms with E-state index in [2.05, 4.69) is 6.08 Å². The lowest BCUT2D eigenvalue weighted by atomic mass is 10.2. The molecular formula is C7H13OP. The van der Waals surface area contributed by atoms with E-state index < -0.39 is 7.14 Å². The third kappa shape index (κ3) is 0.986. The van der Waals surface area contributed by atoms with Crippen molar-refractivity contribution in [1.29, 1.82) is 0 Å². The van der Waals surface area contributed by atoms with Gasteiger partial charge in [-0.2, -0.15) is 0 Å². The average Bonchev–Trinajstić information content (AvgIpc) is 1.81. The second-order valence-corrected chi connectivity index (χ2v) is 7.06. The first-order valence-electron chi connectivity index (χ1n) is 3.20. The largest absolute Gasteiger partial charge is 0.323 e. The molecule has 0 bridgehead atoms. The van der Waals surface area contributed by atoms with Crippen LogP contribution >= 0.6 is 7.14 Å². The number of allylic oxidation sites excluding steroid dienone is 2. The third-order valence-electron chi connectivity index (χ3n) is 2.20. The van der Waals surface area contributed by atoms with Crippen molar-refractivity contribution < 1.29 is 4.57 Å². The van der Waals surface area contributed by atoms with E-state index in [4.69, 9.17) is 0 Å². The maximum Gasteiger partial charge on any atom is 0.0972 e. The summed E-state index contributed by atoms with van der Waals surface area (Å²) in [6.45, 7) is 5.96. The summed E-state index contributed by atoms with van der Waals surface area (Å²) >= 11 is 0. The van der Waals surface area contributed by atoms with Crippen LogP contribution in [0, 0.1) is 0 Å². The fraction of sp³-hybridized carbons (Fsp3) is 0.714. The molecule has 0 aromatic rings. The summed E-state index contributed by atoms with van der Waals surface area (Å²) < 4.78 is 11.6. The van der Waals surface area contributed by atoms with E-state index in [1.165, 1.54) is 0 Å². The van der Waals surface area contributed by atoms with Crippen LogP contribution in [0.1, 0.15) is 13.8 Å². The smallest absolute Gasteiger partial charge is 0.0972 e. The van der Waals surface area contributed by atoms with Crippen molar-refractivity contribution in [2.45, 2.75) is 19.0 Å². The van der Waals surface area contributed by atoms with E-state index in [0.29, 0.717) is 0 Å². The van der Waals surface area contributed by atoms with Crippen molar-refractivity contribution in [2.75, 3.05) is 12.8 Å². The van der Waals surface area contributed by atoms with Gasteiger partial charge >= 0.3 is 0 Å². The molecule has 0 radical (unpaired) electrons. The Morgan fingerprint density at radius 3 is 2.22 bits per heavy atom. The summed E-state index contributed by atoms with van der Waals surface area (Å²) in [4.78, 5) is 0. The van der Waals surface area contributed by atoms with Crippen LogP contribution in [0.5, 0.6) is 0 Å². The summed E-state index contributed by atoms with van der Waals surface area (Å²) in [6.07, 6.45) is 4.88. The second kappa shape index (κ2) is 1.73. The highest BCUT2D eigenvalue weighted by Gasteiger charge is 2.36. The number of hydrogen-bond acceptors (Lipinski definition) is 1. The van der Waals surface area contributed by atoms with Gasteiger partial charge in [0.25, 0.3) is 0 Å². The zero-order valence-electron chi connectivity index (χ0n) is 6.22. The molecule has 0 fully saturated rings. The van der Waals surface area contributed by atoms with E-state index in [-0.39, 0.29) is 5.16 Å². The van der Waals surface area contributed by atoms with Gasteiger partial charge in [-0.25, -0.2) is 0 Å². The number of hydrogen-bond donors (Lipinski definition) is 0. The Morgan fingerprint density at radius 2 is 2.11 bits per heavy atom. The minimum absolute atomic E-state index is 0.0347. The van der Waals surface area contributed by atoms with E-state index in [1.807, 2.05) is 26.6 Å². The monoisotopic (exact) mass is 144 g/mol. The van der Waals surface area contributed by atoms with E-state index in [0.717, 1.165) is 6.16 Å². The molecule has 0 amide bonds. The minimum Gasteiger partial charge on any atom is -0.323 e. The molecule has 52 valence electrons. The molecule has 0 aliphatic carbocycles. The molecule has 1 unspecified atom stereocenters. The van der Waals surface area contributed by atoms with Gasteiger partial charge in [-0.15, -0.1) is 0 Å². The highest BCUT2D eigenvalue weighted by molar-refractivity contribution is 7.65. The van der Waals surface area contributed by atoms with Gasteiger partial charge in [0.2, 0.25) is 0 Å². The molecule has 0 aromatic heterocycles. The molecule has 0 aromatic carbocycles. The predicted octanol–water partition coefficient (Wildman–Crippen LogP) is 2.33. The van der Waals surface area contributed by atoms with Crippen LogP contribution < -0.4 is 0 Å². The first kappa shape index (κ1) is 7.08. The molecule has 1 atom stereocenters. The molecular weight excluding hydrogens is 131 g/mol. The topological polar surface area (TPSA) is 17.1 Å². The molecule has 0 spiro atoms. The Balaban J connectivity index is 2.99. The zero-order chi connectivity index (χ0) is 7.12. The van der Waals surface area contributed by atoms with Crippen LogP contribution in [0.4, 0.5) is 0 Å². The van der Waals surface area contributed by atoms with Crippen molar-refractivity contribution in [1.82, 2.24) is 0 Å². The van der Waals surface area contributed by atoms with Crippen LogP contribution in [0.25, 0.3) is 0 Å². The summed E-state index contributed by atoms with van der Waals surface area (Å²) in [5.74, 6) is 0. The fourth-order valence-corrected chi connectivity index (χ4v) is 2.33. The van der Waals surface area contributed by atoms with Gasteiger partial charge < -0.3 is 4.57 Å².